The Bertz CT molecular complexity index is 354. The van der Waals surface area contributed by atoms with Gasteiger partial charge >= 0.3 is 0 Å². The van der Waals surface area contributed by atoms with Crippen LogP contribution in [0.5, 0.6) is 0 Å². The molecule has 0 unspecified atom stereocenters. The summed E-state index contributed by atoms with van der Waals surface area (Å²) in [5.41, 5.74) is -0.327. The SMILES string of the molecule is CC(C)C1CCC(NC(=O)C(C)(C)CN2CCOCC2)CC1. The van der Waals surface area contributed by atoms with Gasteiger partial charge in [0, 0.05) is 25.7 Å². The molecule has 0 aromatic carbocycles. The first-order chi connectivity index (χ1) is 10.4. The van der Waals surface area contributed by atoms with Crippen LogP contribution in [0.2, 0.25) is 0 Å². The molecule has 2 aliphatic rings. The summed E-state index contributed by atoms with van der Waals surface area (Å²) in [6.45, 7) is 13.0. The van der Waals surface area contributed by atoms with Crippen molar-refractivity contribution in [1.82, 2.24) is 10.2 Å². The molecule has 22 heavy (non-hydrogen) atoms. The minimum Gasteiger partial charge on any atom is -0.379 e. The Kier molecular flexibility index (Phi) is 6.27. The van der Waals surface area contributed by atoms with Crippen molar-refractivity contribution >= 4 is 5.91 Å². The van der Waals surface area contributed by atoms with Gasteiger partial charge in [-0.3, -0.25) is 9.69 Å². The van der Waals surface area contributed by atoms with Crippen molar-refractivity contribution in [3.8, 4) is 0 Å². The lowest BCUT2D eigenvalue weighted by molar-refractivity contribution is -0.132. The summed E-state index contributed by atoms with van der Waals surface area (Å²) in [4.78, 5) is 15.0. The predicted octanol–water partition coefficient (Wildman–Crippen LogP) is 2.68. The average molecular weight is 310 g/mol. The Morgan fingerprint density at radius 1 is 1.18 bits per heavy atom. The minimum atomic E-state index is -0.327. The van der Waals surface area contributed by atoms with E-state index in [2.05, 4.69) is 37.9 Å². The average Bonchev–Trinajstić information content (AvgIpc) is 2.48. The molecule has 2 rings (SSSR count). The fourth-order valence-corrected chi connectivity index (χ4v) is 3.70. The van der Waals surface area contributed by atoms with Gasteiger partial charge in [-0.05, 0) is 51.4 Å². The van der Waals surface area contributed by atoms with E-state index in [1.807, 2.05) is 0 Å². The summed E-state index contributed by atoms with van der Waals surface area (Å²) in [6.07, 6.45) is 4.80. The highest BCUT2D eigenvalue weighted by atomic mass is 16.5. The van der Waals surface area contributed by atoms with Crippen molar-refractivity contribution in [1.29, 1.82) is 0 Å². The second-order valence-corrected chi connectivity index (χ2v) is 8.10. The third-order valence-corrected chi connectivity index (χ3v) is 5.39. The minimum absolute atomic E-state index is 0.215. The molecule has 0 spiro atoms. The molecule has 0 aromatic rings. The first-order valence-corrected chi connectivity index (χ1v) is 8.99. The largest absolute Gasteiger partial charge is 0.379 e. The normalized spacial score (nSPS) is 27.9. The third-order valence-electron chi connectivity index (χ3n) is 5.39. The lowest BCUT2D eigenvalue weighted by Crippen LogP contribution is -2.50. The first kappa shape index (κ1) is 17.7. The molecule has 1 amide bonds. The summed E-state index contributed by atoms with van der Waals surface area (Å²) in [6, 6.07) is 0.381. The van der Waals surface area contributed by atoms with E-state index in [1.165, 1.54) is 12.8 Å². The monoisotopic (exact) mass is 310 g/mol. The van der Waals surface area contributed by atoms with Gasteiger partial charge in [0.25, 0.3) is 0 Å². The highest BCUT2D eigenvalue weighted by Crippen LogP contribution is 2.30. The number of nitrogens with one attached hydrogen (secondary N) is 1. The number of nitrogens with zero attached hydrogens (tertiary/aromatic N) is 1. The summed E-state index contributed by atoms with van der Waals surface area (Å²) >= 11 is 0. The van der Waals surface area contributed by atoms with Crippen LogP contribution in [-0.2, 0) is 9.53 Å². The molecule has 2 fully saturated rings. The van der Waals surface area contributed by atoms with Gasteiger partial charge in [-0.25, -0.2) is 0 Å². The zero-order valence-corrected chi connectivity index (χ0v) is 14.9. The van der Waals surface area contributed by atoms with E-state index < -0.39 is 0 Å². The predicted molar refractivity (Wildman–Crippen MR) is 89.8 cm³/mol. The van der Waals surface area contributed by atoms with Gasteiger partial charge < -0.3 is 10.1 Å². The van der Waals surface area contributed by atoms with Crippen molar-refractivity contribution in [2.45, 2.75) is 59.4 Å². The molecular weight excluding hydrogens is 276 g/mol. The molecule has 1 aliphatic carbocycles. The van der Waals surface area contributed by atoms with Gasteiger partial charge in [0.15, 0.2) is 0 Å². The molecule has 1 heterocycles. The standard InChI is InChI=1S/C18H34N2O2/c1-14(2)15-5-7-16(8-6-15)19-17(21)18(3,4)13-20-9-11-22-12-10-20/h14-16H,5-13H2,1-4H3,(H,19,21). The molecule has 0 aromatic heterocycles. The van der Waals surface area contributed by atoms with Crippen LogP contribution < -0.4 is 5.32 Å². The fourth-order valence-electron chi connectivity index (χ4n) is 3.70. The molecule has 4 heteroatoms. The maximum atomic E-state index is 12.7. The van der Waals surface area contributed by atoms with E-state index in [4.69, 9.17) is 4.74 Å². The van der Waals surface area contributed by atoms with Gasteiger partial charge in [-0.2, -0.15) is 0 Å². The van der Waals surface area contributed by atoms with Crippen molar-refractivity contribution < 1.29 is 9.53 Å². The summed E-state index contributed by atoms with van der Waals surface area (Å²) in [7, 11) is 0. The topological polar surface area (TPSA) is 41.6 Å². The van der Waals surface area contributed by atoms with E-state index in [-0.39, 0.29) is 11.3 Å². The maximum Gasteiger partial charge on any atom is 0.227 e. The van der Waals surface area contributed by atoms with Crippen LogP contribution in [0, 0.1) is 17.3 Å². The second-order valence-electron chi connectivity index (χ2n) is 8.10. The first-order valence-electron chi connectivity index (χ1n) is 8.99. The van der Waals surface area contributed by atoms with Gasteiger partial charge in [-0.15, -0.1) is 0 Å². The molecule has 1 saturated heterocycles. The molecule has 1 aliphatic heterocycles. The molecule has 1 saturated carbocycles. The van der Waals surface area contributed by atoms with E-state index in [1.54, 1.807) is 0 Å². The Labute approximate surface area is 136 Å². The second kappa shape index (κ2) is 7.78. The molecule has 128 valence electrons. The number of hydrogen-bond donors (Lipinski definition) is 1. The Morgan fingerprint density at radius 2 is 1.77 bits per heavy atom. The Morgan fingerprint density at radius 3 is 2.32 bits per heavy atom. The van der Waals surface area contributed by atoms with Crippen molar-refractivity contribution in [2.24, 2.45) is 17.3 Å². The molecule has 4 nitrogen and oxygen atoms in total. The van der Waals surface area contributed by atoms with Crippen LogP contribution in [0.25, 0.3) is 0 Å². The van der Waals surface area contributed by atoms with Gasteiger partial charge in [0.2, 0.25) is 5.91 Å². The van der Waals surface area contributed by atoms with Crippen molar-refractivity contribution in [2.75, 3.05) is 32.8 Å². The number of amides is 1. The Hall–Kier alpha value is -0.610. The summed E-state index contributed by atoms with van der Waals surface area (Å²) in [5.74, 6) is 1.83. The van der Waals surface area contributed by atoms with Crippen LogP contribution >= 0.6 is 0 Å². The molecule has 1 N–H and O–H groups in total. The number of morpholine rings is 1. The number of carbonyl (C=O) groups is 1. The number of carbonyl (C=O) groups excluding carboxylic acids is 1. The van der Waals surface area contributed by atoms with Crippen LogP contribution in [0.3, 0.4) is 0 Å². The third kappa shape index (κ3) is 4.95. The van der Waals surface area contributed by atoms with E-state index in [0.717, 1.165) is 57.5 Å². The van der Waals surface area contributed by atoms with Crippen LogP contribution in [0.4, 0.5) is 0 Å². The van der Waals surface area contributed by atoms with Crippen molar-refractivity contribution in [3.63, 3.8) is 0 Å². The van der Waals surface area contributed by atoms with Crippen LogP contribution in [0.1, 0.15) is 53.4 Å². The number of ether oxygens (including phenoxy) is 1. The van der Waals surface area contributed by atoms with E-state index in [0.29, 0.717) is 6.04 Å². The van der Waals surface area contributed by atoms with E-state index >= 15 is 0 Å². The lowest BCUT2D eigenvalue weighted by atomic mass is 9.79. The highest BCUT2D eigenvalue weighted by molar-refractivity contribution is 5.82. The highest BCUT2D eigenvalue weighted by Gasteiger charge is 2.33. The summed E-state index contributed by atoms with van der Waals surface area (Å²) in [5, 5.41) is 3.31. The Balaban J connectivity index is 1.78. The van der Waals surface area contributed by atoms with Crippen molar-refractivity contribution in [3.05, 3.63) is 0 Å². The zero-order chi connectivity index (χ0) is 16.2. The van der Waals surface area contributed by atoms with Crippen LogP contribution in [0.15, 0.2) is 0 Å². The quantitative estimate of drug-likeness (QED) is 0.849. The molecule has 0 atom stereocenters. The number of rotatable bonds is 5. The lowest BCUT2D eigenvalue weighted by Gasteiger charge is -2.36. The molecule has 0 bridgehead atoms. The van der Waals surface area contributed by atoms with Crippen LogP contribution in [-0.4, -0.2) is 49.7 Å². The van der Waals surface area contributed by atoms with Gasteiger partial charge in [0.05, 0.1) is 18.6 Å². The van der Waals surface area contributed by atoms with E-state index in [9.17, 15) is 4.79 Å². The zero-order valence-electron chi connectivity index (χ0n) is 14.9. The summed E-state index contributed by atoms with van der Waals surface area (Å²) < 4.78 is 5.38. The van der Waals surface area contributed by atoms with Gasteiger partial charge in [0.1, 0.15) is 0 Å². The van der Waals surface area contributed by atoms with Gasteiger partial charge in [-0.1, -0.05) is 13.8 Å². The maximum absolute atomic E-state index is 12.7. The molecular formula is C18H34N2O2. The number of hydrogen-bond acceptors (Lipinski definition) is 3. The molecule has 0 radical (unpaired) electrons. The smallest absolute Gasteiger partial charge is 0.227 e. The fraction of sp³-hybridized carbons (Fsp3) is 0.944.